The van der Waals surface area contributed by atoms with Crippen LogP contribution in [0.1, 0.15) is 64.3 Å². The molecule has 0 bridgehead atoms. The first kappa shape index (κ1) is 14.3. The first-order valence-electron chi connectivity index (χ1n) is 7.04. The van der Waals surface area contributed by atoms with Gasteiger partial charge in [-0.15, -0.1) is 0 Å². The predicted octanol–water partition coefficient (Wildman–Crippen LogP) is 4.32. The lowest BCUT2D eigenvalue weighted by Crippen LogP contribution is -2.28. The maximum absolute atomic E-state index is 5.56. The minimum Gasteiger partial charge on any atom is -0.469 e. The summed E-state index contributed by atoms with van der Waals surface area (Å²) < 4.78 is 5.56. The molecule has 1 heterocycles. The highest BCUT2D eigenvalue weighted by Gasteiger charge is 2.21. The number of rotatable bonds is 8. The van der Waals surface area contributed by atoms with Crippen LogP contribution in [0, 0.1) is 5.92 Å². The standard InChI is InChI=1S/C15H27NO/c1-5-8-12(4)15(16-10-6-2)13-9-11-17-14(13)7-3/h9,11-12,15-16H,5-8,10H2,1-4H3. The van der Waals surface area contributed by atoms with Gasteiger partial charge in [-0.05, 0) is 31.4 Å². The molecule has 1 N–H and O–H groups in total. The van der Waals surface area contributed by atoms with E-state index in [2.05, 4.69) is 39.1 Å². The lowest BCUT2D eigenvalue weighted by Gasteiger charge is -2.25. The quantitative estimate of drug-likeness (QED) is 0.728. The van der Waals surface area contributed by atoms with Crippen LogP contribution in [0.5, 0.6) is 0 Å². The molecular weight excluding hydrogens is 210 g/mol. The minimum absolute atomic E-state index is 0.448. The van der Waals surface area contributed by atoms with Crippen molar-refractivity contribution in [2.45, 2.75) is 59.4 Å². The van der Waals surface area contributed by atoms with Crippen LogP contribution in [-0.2, 0) is 6.42 Å². The van der Waals surface area contributed by atoms with E-state index >= 15 is 0 Å². The third-order valence-corrected chi connectivity index (χ3v) is 3.36. The summed E-state index contributed by atoms with van der Waals surface area (Å²) in [6.07, 6.45) is 6.48. The molecule has 1 aromatic heterocycles. The highest BCUT2D eigenvalue weighted by atomic mass is 16.3. The van der Waals surface area contributed by atoms with E-state index in [4.69, 9.17) is 4.42 Å². The van der Waals surface area contributed by atoms with E-state index in [0.717, 1.165) is 18.7 Å². The number of aryl methyl sites for hydroxylation is 1. The highest BCUT2D eigenvalue weighted by Crippen LogP contribution is 2.29. The van der Waals surface area contributed by atoms with Crippen molar-refractivity contribution in [3.8, 4) is 0 Å². The Bertz CT molecular complexity index is 306. The van der Waals surface area contributed by atoms with E-state index in [1.54, 1.807) is 0 Å². The van der Waals surface area contributed by atoms with Crippen molar-refractivity contribution >= 4 is 0 Å². The van der Waals surface area contributed by atoms with E-state index in [1.807, 2.05) is 6.26 Å². The summed E-state index contributed by atoms with van der Waals surface area (Å²) in [6, 6.07) is 2.58. The molecule has 2 atom stereocenters. The number of hydrogen-bond acceptors (Lipinski definition) is 2. The Morgan fingerprint density at radius 1 is 1.24 bits per heavy atom. The van der Waals surface area contributed by atoms with Crippen LogP contribution in [0.3, 0.4) is 0 Å². The molecule has 0 saturated carbocycles. The maximum Gasteiger partial charge on any atom is 0.108 e. The molecule has 1 aromatic rings. The summed E-state index contributed by atoms with van der Waals surface area (Å²) in [5.74, 6) is 1.80. The van der Waals surface area contributed by atoms with Crippen molar-refractivity contribution in [1.82, 2.24) is 5.32 Å². The lowest BCUT2D eigenvalue weighted by atomic mass is 9.90. The van der Waals surface area contributed by atoms with Crippen molar-refractivity contribution in [3.63, 3.8) is 0 Å². The second kappa shape index (κ2) is 7.54. The molecule has 2 unspecified atom stereocenters. The summed E-state index contributed by atoms with van der Waals surface area (Å²) in [5, 5.41) is 3.67. The Hall–Kier alpha value is -0.760. The van der Waals surface area contributed by atoms with Crippen LogP contribution >= 0.6 is 0 Å². The van der Waals surface area contributed by atoms with Crippen molar-refractivity contribution in [3.05, 3.63) is 23.7 Å². The van der Waals surface area contributed by atoms with Gasteiger partial charge in [-0.3, -0.25) is 0 Å². The zero-order valence-corrected chi connectivity index (χ0v) is 11.8. The van der Waals surface area contributed by atoms with Gasteiger partial charge in [0.2, 0.25) is 0 Å². The van der Waals surface area contributed by atoms with E-state index in [9.17, 15) is 0 Å². The van der Waals surface area contributed by atoms with Gasteiger partial charge >= 0.3 is 0 Å². The second-order valence-corrected chi connectivity index (χ2v) is 4.85. The molecule has 0 aromatic carbocycles. The van der Waals surface area contributed by atoms with Crippen LogP contribution in [0.4, 0.5) is 0 Å². The molecule has 0 aliphatic rings. The van der Waals surface area contributed by atoms with Crippen molar-refractivity contribution < 1.29 is 4.42 Å². The van der Waals surface area contributed by atoms with Gasteiger partial charge in [0.1, 0.15) is 5.76 Å². The molecule has 0 saturated heterocycles. The third kappa shape index (κ3) is 3.88. The molecular formula is C15H27NO. The lowest BCUT2D eigenvalue weighted by molar-refractivity contribution is 0.356. The largest absolute Gasteiger partial charge is 0.469 e. The van der Waals surface area contributed by atoms with E-state index in [0.29, 0.717) is 12.0 Å². The Morgan fingerprint density at radius 2 is 2.00 bits per heavy atom. The molecule has 0 aliphatic carbocycles. The van der Waals surface area contributed by atoms with Gasteiger partial charge in [-0.2, -0.15) is 0 Å². The predicted molar refractivity (Wildman–Crippen MR) is 73.2 cm³/mol. The maximum atomic E-state index is 5.56. The number of nitrogens with one attached hydrogen (secondary N) is 1. The summed E-state index contributed by atoms with van der Waals surface area (Å²) >= 11 is 0. The molecule has 98 valence electrons. The van der Waals surface area contributed by atoms with E-state index in [1.165, 1.54) is 24.8 Å². The Kier molecular flexibility index (Phi) is 6.35. The van der Waals surface area contributed by atoms with Gasteiger partial charge < -0.3 is 9.73 Å². The SMILES string of the molecule is CCCNC(c1ccoc1CC)C(C)CCC. The number of hydrogen-bond donors (Lipinski definition) is 1. The smallest absolute Gasteiger partial charge is 0.108 e. The van der Waals surface area contributed by atoms with Gasteiger partial charge in [0.25, 0.3) is 0 Å². The summed E-state index contributed by atoms with van der Waals surface area (Å²) in [5.41, 5.74) is 1.36. The topological polar surface area (TPSA) is 25.2 Å². The van der Waals surface area contributed by atoms with Crippen LogP contribution < -0.4 is 5.32 Å². The van der Waals surface area contributed by atoms with Crippen LogP contribution in [-0.4, -0.2) is 6.54 Å². The molecule has 0 aliphatic heterocycles. The highest BCUT2D eigenvalue weighted by molar-refractivity contribution is 5.22. The third-order valence-electron chi connectivity index (χ3n) is 3.36. The van der Waals surface area contributed by atoms with Crippen molar-refractivity contribution in [2.24, 2.45) is 5.92 Å². The molecule has 17 heavy (non-hydrogen) atoms. The first-order valence-corrected chi connectivity index (χ1v) is 7.04. The zero-order valence-electron chi connectivity index (χ0n) is 11.8. The van der Waals surface area contributed by atoms with Crippen LogP contribution in [0.15, 0.2) is 16.7 Å². The molecule has 2 heteroatoms. The van der Waals surface area contributed by atoms with Crippen molar-refractivity contribution in [1.29, 1.82) is 0 Å². The molecule has 0 radical (unpaired) electrons. The fourth-order valence-electron chi connectivity index (χ4n) is 2.45. The molecule has 0 spiro atoms. The number of furan rings is 1. The van der Waals surface area contributed by atoms with Gasteiger partial charge in [-0.1, -0.05) is 34.1 Å². The summed E-state index contributed by atoms with van der Waals surface area (Å²) in [4.78, 5) is 0. The van der Waals surface area contributed by atoms with Gasteiger partial charge in [-0.25, -0.2) is 0 Å². The van der Waals surface area contributed by atoms with Crippen LogP contribution in [0.2, 0.25) is 0 Å². The summed E-state index contributed by atoms with van der Waals surface area (Å²) in [6.45, 7) is 10.0. The fourth-order valence-corrected chi connectivity index (χ4v) is 2.45. The molecule has 0 fully saturated rings. The Morgan fingerprint density at radius 3 is 2.59 bits per heavy atom. The molecule has 2 nitrogen and oxygen atoms in total. The van der Waals surface area contributed by atoms with Crippen LogP contribution in [0.25, 0.3) is 0 Å². The molecule has 1 rings (SSSR count). The minimum atomic E-state index is 0.448. The fraction of sp³-hybridized carbons (Fsp3) is 0.733. The average Bonchev–Trinajstić information content (AvgIpc) is 2.78. The van der Waals surface area contributed by atoms with Gasteiger partial charge in [0.05, 0.1) is 6.26 Å². The zero-order chi connectivity index (χ0) is 12.7. The Balaban J connectivity index is 2.81. The normalized spacial score (nSPS) is 14.8. The second-order valence-electron chi connectivity index (χ2n) is 4.85. The van der Waals surface area contributed by atoms with E-state index < -0.39 is 0 Å². The van der Waals surface area contributed by atoms with Gasteiger partial charge in [0.15, 0.2) is 0 Å². The van der Waals surface area contributed by atoms with Gasteiger partial charge in [0, 0.05) is 18.0 Å². The monoisotopic (exact) mass is 237 g/mol. The Labute approximate surface area is 106 Å². The van der Waals surface area contributed by atoms with E-state index in [-0.39, 0.29) is 0 Å². The molecule has 0 amide bonds. The summed E-state index contributed by atoms with van der Waals surface area (Å²) in [7, 11) is 0. The average molecular weight is 237 g/mol. The van der Waals surface area contributed by atoms with Crippen molar-refractivity contribution in [2.75, 3.05) is 6.54 Å². The first-order chi connectivity index (χ1) is 8.24.